The molecule has 0 aliphatic heterocycles. The first-order valence-electron chi connectivity index (χ1n) is 4.52. The van der Waals surface area contributed by atoms with Gasteiger partial charge < -0.3 is 26.5 Å². The van der Waals surface area contributed by atoms with Crippen molar-refractivity contribution in [1.29, 1.82) is 0 Å². The van der Waals surface area contributed by atoms with Gasteiger partial charge in [-0.05, 0) is 6.92 Å². The first-order valence-corrected chi connectivity index (χ1v) is 4.52. The smallest absolute Gasteiger partial charge is 1.00 e. The van der Waals surface area contributed by atoms with Crippen LogP contribution in [0.15, 0.2) is 18.2 Å². The summed E-state index contributed by atoms with van der Waals surface area (Å²) in [5, 5.41) is 0. The summed E-state index contributed by atoms with van der Waals surface area (Å²) in [4.78, 5) is 0. The SMILES string of the molecule is CCOCCOc1[c-]cc(C)cc1.[Br-].[Mg+2]. The second-order valence-electron chi connectivity index (χ2n) is 2.78. The molecule has 1 rings (SSSR count). The predicted molar refractivity (Wildman–Crippen MR) is 57.8 cm³/mol. The molecule has 0 saturated carbocycles. The van der Waals surface area contributed by atoms with Gasteiger partial charge in [-0.15, -0.1) is 12.1 Å². The molecule has 1 aromatic rings. The van der Waals surface area contributed by atoms with E-state index in [4.69, 9.17) is 9.47 Å². The topological polar surface area (TPSA) is 18.5 Å². The average molecular weight is 283 g/mol. The molecule has 0 radical (unpaired) electrons. The van der Waals surface area contributed by atoms with E-state index in [1.807, 2.05) is 32.0 Å². The van der Waals surface area contributed by atoms with E-state index >= 15 is 0 Å². The zero-order chi connectivity index (χ0) is 9.52. The van der Waals surface area contributed by atoms with Crippen molar-refractivity contribution in [3.05, 3.63) is 29.8 Å². The molecule has 0 aliphatic rings. The van der Waals surface area contributed by atoms with Gasteiger partial charge in [0.25, 0.3) is 0 Å². The summed E-state index contributed by atoms with van der Waals surface area (Å²) in [6, 6.07) is 8.87. The molecule has 2 nitrogen and oxygen atoms in total. The van der Waals surface area contributed by atoms with Gasteiger partial charge in [0.15, 0.2) is 0 Å². The number of halogens is 1. The first-order chi connectivity index (χ1) is 6.33. The Kier molecular flexibility index (Phi) is 12.6. The van der Waals surface area contributed by atoms with Gasteiger partial charge in [0, 0.05) is 12.4 Å². The van der Waals surface area contributed by atoms with Crippen molar-refractivity contribution >= 4 is 23.1 Å². The van der Waals surface area contributed by atoms with Crippen LogP contribution in [-0.4, -0.2) is 42.9 Å². The van der Waals surface area contributed by atoms with E-state index in [0.717, 1.165) is 12.4 Å². The van der Waals surface area contributed by atoms with Gasteiger partial charge in [0.1, 0.15) is 6.61 Å². The van der Waals surface area contributed by atoms with E-state index in [1.165, 1.54) is 5.56 Å². The second-order valence-corrected chi connectivity index (χ2v) is 2.78. The van der Waals surface area contributed by atoms with E-state index in [9.17, 15) is 0 Å². The van der Waals surface area contributed by atoms with Crippen molar-refractivity contribution in [3.63, 3.8) is 0 Å². The van der Waals surface area contributed by atoms with Crippen molar-refractivity contribution in [3.8, 4) is 5.75 Å². The molecule has 4 heteroatoms. The Hall–Kier alpha value is 0.226. The van der Waals surface area contributed by atoms with Crippen LogP contribution in [-0.2, 0) is 4.74 Å². The molecule has 0 heterocycles. The van der Waals surface area contributed by atoms with Crippen molar-refractivity contribution in [2.75, 3.05) is 19.8 Å². The Morgan fingerprint density at radius 3 is 2.53 bits per heavy atom. The fourth-order valence-corrected chi connectivity index (χ4v) is 0.933. The fraction of sp³-hybridized carbons (Fsp3) is 0.455. The van der Waals surface area contributed by atoms with Crippen LogP contribution in [0.3, 0.4) is 0 Å². The van der Waals surface area contributed by atoms with Gasteiger partial charge in [0.2, 0.25) is 0 Å². The van der Waals surface area contributed by atoms with E-state index in [2.05, 4.69) is 6.07 Å². The monoisotopic (exact) mass is 282 g/mol. The van der Waals surface area contributed by atoms with Gasteiger partial charge in [-0.25, -0.2) is 0 Å². The minimum absolute atomic E-state index is 0. The maximum atomic E-state index is 5.38. The van der Waals surface area contributed by atoms with E-state index < -0.39 is 0 Å². The van der Waals surface area contributed by atoms with Crippen molar-refractivity contribution < 1.29 is 26.5 Å². The van der Waals surface area contributed by atoms with E-state index in [1.54, 1.807) is 0 Å². The molecule has 0 fully saturated rings. The minimum atomic E-state index is 0. The van der Waals surface area contributed by atoms with Crippen molar-refractivity contribution in [2.45, 2.75) is 13.8 Å². The Balaban J connectivity index is 0. The molecule has 0 bridgehead atoms. The number of hydrogen-bond donors (Lipinski definition) is 0. The Morgan fingerprint density at radius 1 is 1.27 bits per heavy atom. The normalized spacial score (nSPS) is 8.67. The molecule has 0 amide bonds. The molecule has 0 aliphatic carbocycles. The van der Waals surface area contributed by atoms with Crippen molar-refractivity contribution in [2.24, 2.45) is 0 Å². The largest absolute Gasteiger partial charge is 2.00 e. The van der Waals surface area contributed by atoms with Crippen LogP contribution in [0.4, 0.5) is 0 Å². The zero-order valence-electron chi connectivity index (χ0n) is 9.25. The first kappa shape index (κ1) is 17.6. The van der Waals surface area contributed by atoms with E-state index in [-0.39, 0.29) is 40.0 Å². The van der Waals surface area contributed by atoms with Crippen molar-refractivity contribution in [1.82, 2.24) is 0 Å². The summed E-state index contributed by atoms with van der Waals surface area (Å²) in [5.74, 6) is 0.783. The van der Waals surface area contributed by atoms with Gasteiger partial charge in [-0.3, -0.25) is 0 Å². The number of aryl methyl sites for hydroxylation is 1. The van der Waals surface area contributed by atoms with Gasteiger partial charge in [0.05, 0.1) is 6.61 Å². The molecule has 0 saturated heterocycles. The standard InChI is InChI=1S/C11H15O2.BrH.Mg/c1-3-12-8-9-13-11-6-4-10(2)5-7-11;;/h4-6H,3,8-9H2,1-2H3;1H;/q-1;;+2/p-1. The number of rotatable bonds is 5. The van der Waals surface area contributed by atoms with Crippen LogP contribution < -0.4 is 21.7 Å². The number of benzene rings is 1. The number of hydrogen-bond acceptors (Lipinski definition) is 2. The van der Waals surface area contributed by atoms with Gasteiger partial charge in [-0.1, -0.05) is 6.92 Å². The number of ether oxygens (including phenoxy) is 2. The van der Waals surface area contributed by atoms with Crippen LogP contribution in [0.1, 0.15) is 12.5 Å². The summed E-state index contributed by atoms with van der Waals surface area (Å²) in [7, 11) is 0. The summed E-state index contributed by atoms with van der Waals surface area (Å²) in [6.45, 7) is 5.96. The molecule has 0 spiro atoms. The second kappa shape index (κ2) is 10.7. The fourth-order valence-electron chi connectivity index (χ4n) is 0.933. The molecular weight excluding hydrogens is 268 g/mol. The van der Waals surface area contributed by atoms with Gasteiger partial charge >= 0.3 is 23.1 Å². The quantitative estimate of drug-likeness (QED) is 0.385. The Morgan fingerprint density at radius 2 is 2.00 bits per heavy atom. The summed E-state index contributed by atoms with van der Waals surface area (Å²) in [6.07, 6.45) is 0. The summed E-state index contributed by atoms with van der Waals surface area (Å²) in [5.41, 5.74) is 1.19. The average Bonchev–Trinajstić information content (AvgIpc) is 2.15. The predicted octanol–water partition coefficient (Wildman–Crippen LogP) is -1.17. The van der Waals surface area contributed by atoms with Crippen LogP contribution in [0.2, 0.25) is 0 Å². The molecule has 15 heavy (non-hydrogen) atoms. The third-order valence-electron chi connectivity index (χ3n) is 1.63. The van der Waals surface area contributed by atoms with Crippen LogP contribution >= 0.6 is 0 Å². The molecule has 0 unspecified atom stereocenters. The third-order valence-corrected chi connectivity index (χ3v) is 1.63. The molecule has 80 valence electrons. The molecule has 0 atom stereocenters. The maximum absolute atomic E-state index is 5.38. The zero-order valence-corrected chi connectivity index (χ0v) is 12.3. The van der Waals surface area contributed by atoms with E-state index in [0.29, 0.717) is 13.2 Å². The molecule has 0 N–H and O–H groups in total. The molecular formula is C11H15BrMgO2. The maximum Gasteiger partial charge on any atom is 2.00 e. The van der Waals surface area contributed by atoms with Crippen LogP contribution in [0.5, 0.6) is 5.75 Å². The Labute approximate surface area is 118 Å². The Bertz CT molecular complexity index is 239. The van der Waals surface area contributed by atoms with Crippen LogP contribution in [0.25, 0.3) is 0 Å². The molecule has 0 aromatic heterocycles. The minimum Gasteiger partial charge on any atom is -1.00 e. The molecule has 1 aromatic carbocycles. The third kappa shape index (κ3) is 8.08. The summed E-state index contributed by atoms with van der Waals surface area (Å²) >= 11 is 0. The summed E-state index contributed by atoms with van der Waals surface area (Å²) < 4.78 is 10.5. The van der Waals surface area contributed by atoms with Crippen LogP contribution in [0, 0.1) is 13.0 Å². The van der Waals surface area contributed by atoms with Gasteiger partial charge in [-0.2, -0.15) is 17.7 Å².